The van der Waals surface area contributed by atoms with E-state index in [2.05, 4.69) is 24.1 Å². The summed E-state index contributed by atoms with van der Waals surface area (Å²) in [5, 5.41) is 8.67. The molecule has 3 N–H and O–H groups in total. The summed E-state index contributed by atoms with van der Waals surface area (Å²) in [6.45, 7) is 2.34. The first-order chi connectivity index (χ1) is 7.72. The van der Waals surface area contributed by atoms with Crippen LogP contribution in [0.15, 0.2) is 24.3 Å². The first-order valence-corrected chi connectivity index (χ1v) is 5.86. The van der Waals surface area contributed by atoms with E-state index < -0.39 is 0 Å². The Kier molecular flexibility index (Phi) is 5.90. The molecule has 0 saturated carbocycles. The van der Waals surface area contributed by atoms with Crippen LogP contribution in [-0.2, 0) is 6.54 Å². The van der Waals surface area contributed by atoms with E-state index >= 15 is 0 Å². The second-order valence-corrected chi connectivity index (χ2v) is 4.26. The van der Waals surface area contributed by atoms with Gasteiger partial charge in [0.15, 0.2) is 0 Å². The summed E-state index contributed by atoms with van der Waals surface area (Å²) in [4.78, 5) is 2.29. The van der Waals surface area contributed by atoms with E-state index in [1.807, 2.05) is 12.1 Å². The Hall–Kier alpha value is -1.06. The third-order valence-electron chi connectivity index (χ3n) is 2.63. The Morgan fingerprint density at radius 3 is 2.44 bits per heavy atom. The van der Waals surface area contributed by atoms with Crippen LogP contribution in [0.25, 0.3) is 0 Å². The highest BCUT2D eigenvalue weighted by Gasteiger charge is 1.99. The lowest BCUT2D eigenvalue weighted by Gasteiger charge is -2.16. The SMILES string of the molecule is CN(CCCCCO)Cc1ccc(N)cc1. The average molecular weight is 222 g/mol. The molecule has 3 heteroatoms. The zero-order valence-electron chi connectivity index (χ0n) is 10.0. The molecule has 0 saturated heterocycles. The van der Waals surface area contributed by atoms with Crippen molar-refractivity contribution in [3.8, 4) is 0 Å². The molecule has 1 aromatic carbocycles. The number of nitrogens with two attached hydrogens (primary N) is 1. The fourth-order valence-electron chi connectivity index (χ4n) is 1.68. The molecular weight excluding hydrogens is 200 g/mol. The number of aliphatic hydroxyl groups excluding tert-OH is 1. The molecule has 0 atom stereocenters. The summed E-state index contributed by atoms with van der Waals surface area (Å²) >= 11 is 0. The number of anilines is 1. The molecule has 16 heavy (non-hydrogen) atoms. The molecule has 0 amide bonds. The number of nitrogens with zero attached hydrogens (tertiary/aromatic N) is 1. The highest BCUT2D eigenvalue weighted by Crippen LogP contribution is 2.08. The van der Waals surface area contributed by atoms with Crippen LogP contribution in [-0.4, -0.2) is 30.2 Å². The maximum Gasteiger partial charge on any atom is 0.0431 e. The standard InChI is InChI=1S/C13H22N2O/c1-15(9-3-2-4-10-16)11-12-5-7-13(14)8-6-12/h5-8,16H,2-4,9-11,14H2,1H3. The van der Waals surface area contributed by atoms with Gasteiger partial charge in [0, 0.05) is 18.8 Å². The van der Waals surface area contributed by atoms with E-state index in [1.54, 1.807) is 0 Å². The molecule has 0 aliphatic heterocycles. The third kappa shape index (κ3) is 5.14. The summed E-state index contributed by atoms with van der Waals surface area (Å²) in [7, 11) is 2.12. The Balaban J connectivity index is 2.23. The molecule has 0 bridgehead atoms. The van der Waals surface area contributed by atoms with E-state index in [9.17, 15) is 0 Å². The molecular formula is C13H22N2O. The Labute approximate surface area is 97.9 Å². The minimum Gasteiger partial charge on any atom is -0.399 e. The Bertz CT molecular complexity index is 284. The maximum atomic E-state index is 8.67. The third-order valence-corrected chi connectivity index (χ3v) is 2.63. The van der Waals surface area contributed by atoms with Gasteiger partial charge in [-0.3, -0.25) is 0 Å². The van der Waals surface area contributed by atoms with Crippen LogP contribution in [0.5, 0.6) is 0 Å². The van der Waals surface area contributed by atoms with Crippen molar-refractivity contribution in [2.24, 2.45) is 0 Å². The molecule has 1 rings (SSSR count). The van der Waals surface area contributed by atoms with E-state index in [4.69, 9.17) is 10.8 Å². The summed E-state index contributed by atoms with van der Waals surface area (Å²) < 4.78 is 0. The van der Waals surface area contributed by atoms with E-state index in [-0.39, 0.29) is 0 Å². The molecule has 0 radical (unpaired) electrons. The van der Waals surface area contributed by atoms with Crippen molar-refractivity contribution < 1.29 is 5.11 Å². The Morgan fingerprint density at radius 2 is 1.81 bits per heavy atom. The summed E-state index contributed by atoms with van der Waals surface area (Å²) in [5.41, 5.74) is 7.74. The maximum absolute atomic E-state index is 8.67. The van der Waals surface area contributed by atoms with Gasteiger partial charge in [-0.25, -0.2) is 0 Å². The van der Waals surface area contributed by atoms with Crippen molar-refractivity contribution in [1.82, 2.24) is 4.90 Å². The van der Waals surface area contributed by atoms with Gasteiger partial charge in [0.05, 0.1) is 0 Å². The lowest BCUT2D eigenvalue weighted by atomic mass is 10.2. The predicted molar refractivity (Wildman–Crippen MR) is 68.1 cm³/mol. The van der Waals surface area contributed by atoms with Crippen LogP contribution >= 0.6 is 0 Å². The molecule has 0 aliphatic carbocycles. The van der Waals surface area contributed by atoms with Crippen LogP contribution in [0, 0.1) is 0 Å². The molecule has 0 aromatic heterocycles. The zero-order valence-corrected chi connectivity index (χ0v) is 10.0. The van der Waals surface area contributed by atoms with Gasteiger partial charge < -0.3 is 15.7 Å². The first kappa shape index (κ1) is 13.0. The fraction of sp³-hybridized carbons (Fsp3) is 0.538. The summed E-state index contributed by atoms with van der Waals surface area (Å²) in [5.74, 6) is 0. The largest absolute Gasteiger partial charge is 0.399 e. The smallest absolute Gasteiger partial charge is 0.0431 e. The van der Waals surface area contributed by atoms with Crippen molar-refractivity contribution in [2.45, 2.75) is 25.8 Å². The topological polar surface area (TPSA) is 49.5 Å². The van der Waals surface area contributed by atoms with E-state index in [0.29, 0.717) is 6.61 Å². The van der Waals surface area contributed by atoms with Crippen molar-refractivity contribution >= 4 is 5.69 Å². The van der Waals surface area contributed by atoms with Crippen molar-refractivity contribution in [3.63, 3.8) is 0 Å². The second-order valence-electron chi connectivity index (χ2n) is 4.26. The number of benzene rings is 1. The monoisotopic (exact) mass is 222 g/mol. The van der Waals surface area contributed by atoms with Gasteiger partial charge >= 0.3 is 0 Å². The van der Waals surface area contributed by atoms with Gasteiger partial charge in [-0.15, -0.1) is 0 Å². The van der Waals surface area contributed by atoms with Crippen LogP contribution in [0.4, 0.5) is 5.69 Å². The van der Waals surface area contributed by atoms with Crippen LogP contribution in [0.3, 0.4) is 0 Å². The number of rotatable bonds is 7. The number of hydrogen-bond donors (Lipinski definition) is 2. The fourth-order valence-corrected chi connectivity index (χ4v) is 1.68. The van der Waals surface area contributed by atoms with Gasteiger partial charge in [0.25, 0.3) is 0 Å². The van der Waals surface area contributed by atoms with Gasteiger partial charge in [0.1, 0.15) is 0 Å². The molecule has 90 valence electrons. The summed E-state index contributed by atoms with van der Waals surface area (Å²) in [6, 6.07) is 8.02. The van der Waals surface area contributed by atoms with Gasteiger partial charge in [-0.2, -0.15) is 0 Å². The highest BCUT2D eigenvalue weighted by atomic mass is 16.2. The van der Waals surface area contributed by atoms with Crippen LogP contribution in [0.1, 0.15) is 24.8 Å². The van der Waals surface area contributed by atoms with Crippen molar-refractivity contribution in [2.75, 3.05) is 25.9 Å². The van der Waals surface area contributed by atoms with Gasteiger partial charge in [-0.1, -0.05) is 12.1 Å². The zero-order chi connectivity index (χ0) is 11.8. The first-order valence-electron chi connectivity index (χ1n) is 5.86. The molecule has 0 unspecified atom stereocenters. The predicted octanol–water partition coefficient (Wildman–Crippen LogP) is 1.86. The van der Waals surface area contributed by atoms with Crippen molar-refractivity contribution in [3.05, 3.63) is 29.8 Å². The number of aliphatic hydroxyl groups is 1. The van der Waals surface area contributed by atoms with E-state index in [1.165, 1.54) is 5.56 Å². The van der Waals surface area contributed by atoms with Crippen LogP contribution < -0.4 is 5.73 Å². The molecule has 0 aliphatic rings. The normalized spacial score (nSPS) is 10.9. The number of unbranched alkanes of at least 4 members (excludes halogenated alkanes) is 2. The van der Waals surface area contributed by atoms with Gasteiger partial charge in [-0.05, 0) is 50.6 Å². The summed E-state index contributed by atoms with van der Waals surface area (Å²) in [6.07, 6.45) is 3.16. The minimum absolute atomic E-state index is 0.307. The number of nitrogen functional groups attached to an aromatic ring is 1. The lowest BCUT2D eigenvalue weighted by molar-refractivity contribution is 0.271. The Morgan fingerprint density at radius 1 is 1.12 bits per heavy atom. The van der Waals surface area contributed by atoms with Gasteiger partial charge in [0.2, 0.25) is 0 Å². The average Bonchev–Trinajstić information content (AvgIpc) is 2.28. The minimum atomic E-state index is 0.307. The molecule has 3 nitrogen and oxygen atoms in total. The van der Waals surface area contributed by atoms with E-state index in [0.717, 1.165) is 38.0 Å². The highest BCUT2D eigenvalue weighted by molar-refractivity contribution is 5.39. The molecule has 0 spiro atoms. The van der Waals surface area contributed by atoms with Crippen molar-refractivity contribution in [1.29, 1.82) is 0 Å². The molecule has 0 heterocycles. The second kappa shape index (κ2) is 7.25. The molecule has 0 fully saturated rings. The van der Waals surface area contributed by atoms with Crippen LogP contribution in [0.2, 0.25) is 0 Å². The number of hydrogen-bond acceptors (Lipinski definition) is 3. The molecule has 1 aromatic rings. The lowest BCUT2D eigenvalue weighted by Crippen LogP contribution is -2.19. The quantitative estimate of drug-likeness (QED) is 0.547.